The quantitative estimate of drug-likeness (QED) is 0.417. The van der Waals surface area contributed by atoms with Gasteiger partial charge in [-0.25, -0.2) is 13.2 Å². The SMILES string of the molecule is O=C(C=Cc1cc(NS(=O)(=O)c2cccs2)c2c(c1O)OCO2)OC1CCC1. The zero-order valence-corrected chi connectivity index (χ0v) is 16.2. The number of anilines is 1. The average Bonchev–Trinajstić information content (AvgIpc) is 3.31. The molecule has 8 nitrogen and oxygen atoms in total. The Bertz CT molecular complexity index is 1020. The highest BCUT2D eigenvalue weighted by Gasteiger charge is 2.28. The van der Waals surface area contributed by atoms with Gasteiger partial charge in [-0.1, -0.05) is 6.07 Å². The first-order valence-corrected chi connectivity index (χ1v) is 10.9. The molecular formula is C18H17NO7S2. The number of aromatic hydroxyl groups is 1. The fourth-order valence-electron chi connectivity index (χ4n) is 2.74. The summed E-state index contributed by atoms with van der Waals surface area (Å²) >= 11 is 1.07. The van der Waals surface area contributed by atoms with Crippen LogP contribution in [0.5, 0.6) is 17.2 Å². The van der Waals surface area contributed by atoms with Crippen LogP contribution in [0.25, 0.3) is 6.08 Å². The van der Waals surface area contributed by atoms with E-state index in [0.29, 0.717) is 0 Å². The van der Waals surface area contributed by atoms with Gasteiger partial charge < -0.3 is 19.3 Å². The van der Waals surface area contributed by atoms with Crippen molar-refractivity contribution >= 4 is 39.1 Å². The highest BCUT2D eigenvalue weighted by Crippen LogP contribution is 2.48. The number of benzene rings is 1. The van der Waals surface area contributed by atoms with E-state index in [2.05, 4.69) is 4.72 Å². The number of phenols is 1. The molecule has 0 bridgehead atoms. The molecule has 2 aliphatic rings. The molecule has 1 aliphatic heterocycles. The van der Waals surface area contributed by atoms with Gasteiger partial charge in [-0.3, -0.25) is 4.72 Å². The van der Waals surface area contributed by atoms with E-state index in [-0.39, 0.29) is 45.6 Å². The summed E-state index contributed by atoms with van der Waals surface area (Å²) in [5.41, 5.74) is 0.296. The smallest absolute Gasteiger partial charge is 0.331 e. The second-order valence-corrected chi connectivity index (χ2v) is 9.14. The Balaban J connectivity index is 1.63. The second kappa shape index (κ2) is 7.36. The Kier molecular flexibility index (Phi) is 4.90. The first-order valence-electron chi connectivity index (χ1n) is 8.54. The van der Waals surface area contributed by atoms with Crippen molar-refractivity contribution < 1.29 is 32.5 Å². The molecule has 0 spiro atoms. The lowest BCUT2D eigenvalue weighted by Gasteiger charge is -2.24. The standard InChI is InChI=1S/C18H17NO7S2/c20-14(26-12-3-1-4-12)7-6-11-9-13(17-18(16(11)21)25-10-24-17)19-28(22,23)15-5-2-8-27-15/h2,5-9,12,19,21H,1,3-4,10H2. The van der Waals surface area contributed by atoms with E-state index in [1.165, 1.54) is 24.3 Å². The van der Waals surface area contributed by atoms with Crippen LogP contribution in [0.3, 0.4) is 0 Å². The van der Waals surface area contributed by atoms with Gasteiger partial charge >= 0.3 is 5.97 Å². The first kappa shape index (κ1) is 18.6. The lowest BCUT2D eigenvalue weighted by Crippen LogP contribution is -2.23. The predicted molar refractivity (Wildman–Crippen MR) is 102 cm³/mol. The molecular weight excluding hydrogens is 406 g/mol. The Labute approximate surface area is 165 Å². The normalized spacial score (nSPS) is 16.1. The zero-order valence-electron chi connectivity index (χ0n) is 14.6. The fourth-order valence-corrected chi connectivity index (χ4v) is 4.79. The molecule has 0 saturated heterocycles. The number of thiophene rings is 1. The van der Waals surface area contributed by atoms with Crippen LogP contribution in [0.15, 0.2) is 33.9 Å². The van der Waals surface area contributed by atoms with Crippen LogP contribution in [0, 0.1) is 0 Å². The maximum Gasteiger partial charge on any atom is 0.331 e. The minimum atomic E-state index is -3.83. The van der Waals surface area contributed by atoms with Crippen molar-refractivity contribution in [3.8, 4) is 17.2 Å². The summed E-state index contributed by atoms with van der Waals surface area (Å²) in [4.78, 5) is 11.9. The van der Waals surface area contributed by atoms with Gasteiger partial charge in [-0.2, -0.15) is 0 Å². The van der Waals surface area contributed by atoms with E-state index in [9.17, 15) is 18.3 Å². The molecule has 10 heteroatoms. The van der Waals surface area contributed by atoms with E-state index in [0.717, 1.165) is 30.6 Å². The van der Waals surface area contributed by atoms with Crippen molar-refractivity contribution in [1.82, 2.24) is 0 Å². The predicted octanol–water partition coefficient (Wildman–Crippen LogP) is 3.09. The highest BCUT2D eigenvalue weighted by atomic mass is 32.2. The number of hydrogen-bond donors (Lipinski definition) is 2. The van der Waals surface area contributed by atoms with Crippen molar-refractivity contribution in [2.45, 2.75) is 29.6 Å². The van der Waals surface area contributed by atoms with Gasteiger partial charge in [-0.15, -0.1) is 11.3 Å². The molecule has 1 aromatic carbocycles. The Morgan fingerprint density at radius 3 is 2.79 bits per heavy atom. The van der Waals surface area contributed by atoms with E-state index in [1.54, 1.807) is 11.4 Å². The lowest BCUT2D eigenvalue weighted by atomic mass is 9.96. The Morgan fingerprint density at radius 2 is 2.11 bits per heavy atom. The minimum absolute atomic E-state index is 0.0124. The summed E-state index contributed by atoms with van der Waals surface area (Å²) in [6, 6.07) is 4.48. The maximum atomic E-state index is 12.5. The van der Waals surface area contributed by atoms with Crippen LogP contribution >= 0.6 is 11.3 Å². The molecule has 2 N–H and O–H groups in total. The summed E-state index contributed by atoms with van der Waals surface area (Å²) in [6.07, 6.45) is 5.22. The molecule has 1 aliphatic carbocycles. The maximum absolute atomic E-state index is 12.5. The van der Waals surface area contributed by atoms with Crippen LogP contribution in [0.4, 0.5) is 5.69 Å². The van der Waals surface area contributed by atoms with Crippen LogP contribution in [0.2, 0.25) is 0 Å². The van der Waals surface area contributed by atoms with Crippen molar-refractivity contribution in [1.29, 1.82) is 0 Å². The monoisotopic (exact) mass is 423 g/mol. The number of rotatable bonds is 6. The van der Waals surface area contributed by atoms with Crippen molar-refractivity contribution in [3.63, 3.8) is 0 Å². The first-order chi connectivity index (χ1) is 13.4. The number of sulfonamides is 1. The van der Waals surface area contributed by atoms with Crippen LogP contribution in [-0.4, -0.2) is 32.4 Å². The van der Waals surface area contributed by atoms with Gasteiger partial charge in [0.1, 0.15) is 10.3 Å². The molecule has 2 aromatic rings. The minimum Gasteiger partial charge on any atom is -0.504 e. The van der Waals surface area contributed by atoms with Gasteiger partial charge in [0.25, 0.3) is 10.0 Å². The van der Waals surface area contributed by atoms with Crippen LogP contribution in [-0.2, 0) is 19.6 Å². The second-order valence-electron chi connectivity index (χ2n) is 6.29. The van der Waals surface area contributed by atoms with Gasteiger partial charge in [-0.05, 0) is 42.9 Å². The third-order valence-electron chi connectivity index (χ3n) is 4.38. The largest absolute Gasteiger partial charge is 0.504 e. The van der Waals surface area contributed by atoms with E-state index >= 15 is 0 Å². The summed E-state index contributed by atoms with van der Waals surface area (Å²) in [5.74, 6) is -0.674. The molecule has 148 valence electrons. The average molecular weight is 423 g/mol. The highest BCUT2D eigenvalue weighted by molar-refractivity contribution is 7.94. The van der Waals surface area contributed by atoms with E-state index in [4.69, 9.17) is 14.2 Å². The Morgan fingerprint density at radius 1 is 1.32 bits per heavy atom. The molecule has 28 heavy (non-hydrogen) atoms. The summed E-state index contributed by atoms with van der Waals surface area (Å²) < 4.78 is 43.4. The number of carbonyl (C=O) groups is 1. The molecule has 0 amide bonds. The number of carbonyl (C=O) groups excluding carboxylic acids is 1. The number of nitrogens with one attached hydrogen (secondary N) is 1. The van der Waals surface area contributed by atoms with Crippen molar-refractivity contribution in [2.75, 3.05) is 11.5 Å². The van der Waals surface area contributed by atoms with Crippen molar-refractivity contribution in [2.24, 2.45) is 0 Å². The summed E-state index contributed by atoms with van der Waals surface area (Å²) in [6.45, 7) is -0.159. The van der Waals surface area contributed by atoms with Gasteiger partial charge in [0.05, 0.1) is 5.69 Å². The topological polar surface area (TPSA) is 111 Å². The fraction of sp³-hybridized carbons (Fsp3) is 0.278. The number of esters is 1. The molecule has 0 atom stereocenters. The van der Waals surface area contributed by atoms with Gasteiger partial charge in [0, 0.05) is 11.6 Å². The third kappa shape index (κ3) is 3.65. The van der Waals surface area contributed by atoms with E-state index < -0.39 is 16.0 Å². The molecule has 0 radical (unpaired) electrons. The molecule has 1 fully saturated rings. The molecule has 1 aromatic heterocycles. The number of hydrogen-bond acceptors (Lipinski definition) is 8. The number of phenolic OH excluding ortho intramolecular Hbond substituents is 1. The van der Waals surface area contributed by atoms with Gasteiger partial charge in [0.15, 0.2) is 11.5 Å². The lowest BCUT2D eigenvalue weighted by molar-refractivity contribution is -0.146. The molecule has 1 saturated carbocycles. The molecule has 4 rings (SSSR count). The summed E-state index contributed by atoms with van der Waals surface area (Å²) in [7, 11) is -3.83. The Hall–Kier alpha value is -2.72. The van der Waals surface area contributed by atoms with Gasteiger partial charge in [0.2, 0.25) is 12.5 Å². The third-order valence-corrected chi connectivity index (χ3v) is 7.15. The van der Waals surface area contributed by atoms with Crippen molar-refractivity contribution in [3.05, 3.63) is 35.2 Å². The number of fused-ring (bicyclic) bond motifs is 1. The molecule has 0 unspecified atom stereocenters. The van der Waals surface area contributed by atoms with Crippen LogP contribution in [0.1, 0.15) is 24.8 Å². The zero-order chi connectivity index (χ0) is 19.7. The van der Waals surface area contributed by atoms with E-state index in [1.807, 2.05) is 0 Å². The molecule has 2 heterocycles. The van der Waals surface area contributed by atoms with Crippen LogP contribution < -0.4 is 14.2 Å². The summed E-state index contributed by atoms with van der Waals surface area (Å²) in [5, 5.41) is 12.0. The number of ether oxygens (including phenoxy) is 3.